The second kappa shape index (κ2) is 10.4. The normalized spacial score (nSPS) is 11.3. The van der Waals surface area contributed by atoms with E-state index in [2.05, 4.69) is 55.3 Å². The van der Waals surface area contributed by atoms with Gasteiger partial charge in [0.25, 0.3) is 5.91 Å². The lowest BCUT2D eigenvalue weighted by Crippen LogP contribution is -2.33. The third-order valence-corrected chi connectivity index (χ3v) is 5.85. The molecule has 0 aliphatic carbocycles. The number of halogens is 2. The van der Waals surface area contributed by atoms with Crippen molar-refractivity contribution in [2.75, 3.05) is 18.9 Å². The van der Waals surface area contributed by atoms with E-state index >= 15 is 0 Å². The van der Waals surface area contributed by atoms with Crippen LogP contribution in [0.1, 0.15) is 48.0 Å². The fraction of sp³-hybridized carbons (Fsp3) is 0.308. The highest BCUT2D eigenvalue weighted by Gasteiger charge is 2.20. The number of rotatable bonds is 7. The number of hydrogen-bond acceptors (Lipinski definition) is 3. The topological polar surface area (TPSA) is 45.2 Å². The number of pyridine rings is 1. The van der Waals surface area contributed by atoms with E-state index in [-0.39, 0.29) is 11.3 Å². The molecule has 1 amide bonds. The Morgan fingerprint density at radius 1 is 1.00 bits per heavy atom. The summed E-state index contributed by atoms with van der Waals surface area (Å²) >= 11 is 12.2. The molecule has 3 rings (SSSR count). The highest BCUT2D eigenvalue weighted by molar-refractivity contribution is 6.31. The minimum atomic E-state index is -0.0780. The Morgan fingerprint density at radius 3 is 2.28 bits per heavy atom. The SMILES string of the molecule is CNc1ccc(Cl)cc1C(=O)N(CCc1ccc(Cl)cn1)Cc1ccc(C(C)(C)C)cc1. The zero-order valence-electron chi connectivity index (χ0n) is 19.0. The number of benzene rings is 2. The van der Waals surface area contributed by atoms with Crippen LogP contribution in [0.4, 0.5) is 5.69 Å². The van der Waals surface area contributed by atoms with Gasteiger partial charge in [0.1, 0.15) is 0 Å². The van der Waals surface area contributed by atoms with E-state index in [1.807, 2.05) is 23.1 Å². The van der Waals surface area contributed by atoms with Crippen molar-refractivity contribution in [1.29, 1.82) is 0 Å². The Kier molecular flexibility index (Phi) is 7.81. The molecular weight excluding hydrogens is 441 g/mol. The molecule has 0 bridgehead atoms. The number of hydrogen-bond donors (Lipinski definition) is 1. The van der Waals surface area contributed by atoms with Crippen molar-refractivity contribution in [3.63, 3.8) is 0 Å². The standard InChI is InChI=1S/C26H29Cl2N3O/c1-26(2,3)19-7-5-18(6-8-19)17-31(14-13-22-11-9-21(28)16-30-22)25(32)23-15-20(27)10-12-24(23)29-4/h5-12,15-16,29H,13-14,17H2,1-4H3. The predicted octanol–water partition coefficient (Wildman–Crippen LogP) is 6.61. The van der Waals surface area contributed by atoms with Crippen molar-refractivity contribution < 1.29 is 4.79 Å². The maximum Gasteiger partial charge on any atom is 0.256 e. The van der Waals surface area contributed by atoms with Gasteiger partial charge in [0.05, 0.1) is 10.6 Å². The molecule has 0 radical (unpaired) electrons. The maximum atomic E-state index is 13.6. The number of amides is 1. The van der Waals surface area contributed by atoms with Gasteiger partial charge in [-0.3, -0.25) is 9.78 Å². The van der Waals surface area contributed by atoms with E-state index in [4.69, 9.17) is 23.2 Å². The third-order valence-electron chi connectivity index (χ3n) is 5.39. The van der Waals surface area contributed by atoms with E-state index in [0.717, 1.165) is 16.9 Å². The Balaban J connectivity index is 1.87. The summed E-state index contributed by atoms with van der Waals surface area (Å²) in [5.74, 6) is -0.0780. The van der Waals surface area contributed by atoms with E-state index in [0.29, 0.717) is 35.1 Å². The van der Waals surface area contributed by atoms with Gasteiger partial charge < -0.3 is 10.2 Å². The van der Waals surface area contributed by atoms with Crippen molar-refractivity contribution in [2.24, 2.45) is 0 Å². The second-order valence-corrected chi connectivity index (χ2v) is 9.70. The minimum Gasteiger partial charge on any atom is -0.387 e. The summed E-state index contributed by atoms with van der Waals surface area (Å²) < 4.78 is 0. The van der Waals surface area contributed by atoms with Crippen LogP contribution in [-0.2, 0) is 18.4 Å². The van der Waals surface area contributed by atoms with E-state index in [1.54, 1.807) is 25.4 Å². The van der Waals surface area contributed by atoms with Gasteiger partial charge in [-0.25, -0.2) is 0 Å². The Bertz CT molecular complexity index is 1060. The summed E-state index contributed by atoms with van der Waals surface area (Å²) in [7, 11) is 1.80. The molecule has 32 heavy (non-hydrogen) atoms. The molecule has 0 aliphatic rings. The summed E-state index contributed by atoms with van der Waals surface area (Å²) in [5.41, 5.74) is 4.60. The van der Waals surface area contributed by atoms with Crippen LogP contribution in [0.3, 0.4) is 0 Å². The molecule has 1 N–H and O–H groups in total. The Hall–Kier alpha value is -2.56. The van der Waals surface area contributed by atoms with Gasteiger partial charge in [-0.2, -0.15) is 0 Å². The fourth-order valence-corrected chi connectivity index (χ4v) is 3.75. The van der Waals surface area contributed by atoms with Crippen molar-refractivity contribution in [1.82, 2.24) is 9.88 Å². The first kappa shape index (κ1) is 24.1. The summed E-state index contributed by atoms with van der Waals surface area (Å²) in [6.07, 6.45) is 2.25. The first-order chi connectivity index (χ1) is 15.2. The van der Waals surface area contributed by atoms with Crippen LogP contribution >= 0.6 is 23.2 Å². The van der Waals surface area contributed by atoms with Gasteiger partial charge in [0, 0.05) is 49.2 Å². The molecule has 0 saturated heterocycles. The molecule has 1 heterocycles. The molecule has 168 valence electrons. The second-order valence-electron chi connectivity index (χ2n) is 8.83. The Labute approximate surface area is 200 Å². The Morgan fingerprint density at radius 2 is 1.69 bits per heavy atom. The lowest BCUT2D eigenvalue weighted by atomic mass is 9.87. The van der Waals surface area contributed by atoms with E-state index in [9.17, 15) is 4.79 Å². The summed E-state index contributed by atoms with van der Waals surface area (Å²) in [6, 6.07) is 17.5. The molecule has 4 nitrogen and oxygen atoms in total. The third kappa shape index (κ3) is 6.24. The highest BCUT2D eigenvalue weighted by atomic mass is 35.5. The highest BCUT2D eigenvalue weighted by Crippen LogP contribution is 2.25. The number of carbonyl (C=O) groups is 1. The van der Waals surface area contributed by atoms with Gasteiger partial charge in [0.15, 0.2) is 0 Å². The van der Waals surface area contributed by atoms with Gasteiger partial charge in [-0.1, -0.05) is 68.2 Å². The molecule has 0 fully saturated rings. The van der Waals surface area contributed by atoms with Crippen LogP contribution in [0.15, 0.2) is 60.8 Å². The zero-order valence-corrected chi connectivity index (χ0v) is 20.5. The zero-order chi connectivity index (χ0) is 23.3. The van der Waals surface area contributed by atoms with Gasteiger partial charge in [-0.05, 0) is 46.9 Å². The van der Waals surface area contributed by atoms with Crippen molar-refractivity contribution in [3.8, 4) is 0 Å². The molecule has 0 spiro atoms. The molecule has 0 aliphatic heterocycles. The number of carbonyl (C=O) groups excluding carboxylic acids is 1. The number of nitrogens with zero attached hydrogens (tertiary/aromatic N) is 2. The molecule has 0 atom stereocenters. The van der Waals surface area contributed by atoms with Gasteiger partial charge in [0.2, 0.25) is 0 Å². The molecule has 6 heteroatoms. The lowest BCUT2D eigenvalue weighted by molar-refractivity contribution is 0.0745. The quantitative estimate of drug-likeness (QED) is 0.423. The van der Waals surface area contributed by atoms with Gasteiger partial charge in [-0.15, -0.1) is 0 Å². The summed E-state index contributed by atoms with van der Waals surface area (Å²) in [6.45, 7) is 7.58. The molecule has 1 aromatic heterocycles. The summed E-state index contributed by atoms with van der Waals surface area (Å²) in [5, 5.41) is 4.22. The number of aromatic nitrogens is 1. The van der Waals surface area contributed by atoms with Crippen LogP contribution < -0.4 is 5.32 Å². The first-order valence-corrected chi connectivity index (χ1v) is 11.4. The molecule has 0 saturated carbocycles. The minimum absolute atomic E-state index is 0.0780. The molecular formula is C26H29Cl2N3O. The predicted molar refractivity (Wildman–Crippen MR) is 134 cm³/mol. The van der Waals surface area contributed by atoms with Crippen LogP contribution in [0, 0.1) is 0 Å². The average Bonchev–Trinajstić information content (AvgIpc) is 2.77. The molecule has 0 unspecified atom stereocenters. The number of anilines is 1. The van der Waals surface area contributed by atoms with Crippen LogP contribution in [0.2, 0.25) is 10.0 Å². The monoisotopic (exact) mass is 469 g/mol. The van der Waals surface area contributed by atoms with Crippen LogP contribution in [0.5, 0.6) is 0 Å². The largest absolute Gasteiger partial charge is 0.387 e. The number of nitrogens with one attached hydrogen (secondary N) is 1. The van der Waals surface area contributed by atoms with Crippen molar-refractivity contribution >= 4 is 34.8 Å². The van der Waals surface area contributed by atoms with Gasteiger partial charge >= 0.3 is 0 Å². The van der Waals surface area contributed by atoms with Crippen LogP contribution in [0.25, 0.3) is 0 Å². The smallest absolute Gasteiger partial charge is 0.256 e. The van der Waals surface area contributed by atoms with E-state index < -0.39 is 0 Å². The average molecular weight is 470 g/mol. The molecule has 2 aromatic carbocycles. The summed E-state index contributed by atoms with van der Waals surface area (Å²) in [4.78, 5) is 19.8. The van der Waals surface area contributed by atoms with Crippen molar-refractivity contribution in [3.05, 3.63) is 93.2 Å². The fourth-order valence-electron chi connectivity index (χ4n) is 3.47. The molecule has 3 aromatic rings. The van der Waals surface area contributed by atoms with Crippen molar-refractivity contribution in [2.45, 2.75) is 39.2 Å². The lowest BCUT2D eigenvalue weighted by Gasteiger charge is -2.25. The maximum absolute atomic E-state index is 13.6. The first-order valence-electron chi connectivity index (χ1n) is 10.6. The van der Waals surface area contributed by atoms with E-state index in [1.165, 1.54) is 5.56 Å². The van der Waals surface area contributed by atoms with Crippen LogP contribution in [-0.4, -0.2) is 29.4 Å².